The van der Waals surface area contributed by atoms with E-state index in [0.29, 0.717) is 38.9 Å². The van der Waals surface area contributed by atoms with Crippen molar-refractivity contribution in [2.75, 3.05) is 26.2 Å². The third-order valence-electron chi connectivity index (χ3n) is 4.60. The van der Waals surface area contributed by atoms with Gasteiger partial charge in [0.1, 0.15) is 11.4 Å². The number of benzene rings is 1. The molecule has 0 saturated carbocycles. The van der Waals surface area contributed by atoms with Gasteiger partial charge in [-0.3, -0.25) is 10.1 Å². The molecule has 1 aromatic carbocycles. The Morgan fingerprint density at radius 2 is 1.83 bits per heavy atom. The Morgan fingerprint density at radius 3 is 2.33 bits per heavy atom. The van der Waals surface area contributed by atoms with Crippen LogP contribution in [0.5, 0.6) is 5.75 Å². The van der Waals surface area contributed by atoms with Crippen LogP contribution in [0.15, 0.2) is 24.3 Å². The molecule has 0 unspecified atom stereocenters. The normalized spacial score (nSPS) is 14.9. The molecule has 2 rings (SSSR count). The molecule has 0 atom stereocenters. The van der Waals surface area contributed by atoms with Gasteiger partial charge in [0.15, 0.2) is 0 Å². The zero-order valence-electron chi connectivity index (χ0n) is 17.6. The van der Waals surface area contributed by atoms with E-state index in [1.165, 1.54) is 24.3 Å². The van der Waals surface area contributed by atoms with Crippen molar-refractivity contribution in [1.29, 1.82) is 0 Å². The van der Waals surface area contributed by atoms with E-state index in [1.807, 2.05) is 20.8 Å². The number of hydrogen-bond acceptors (Lipinski definition) is 7. The minimum atomic E-state index is -0.590. The van der Waals surface area contributed by atoms with Gasteiger partial charge in [-0.15, -0.1) is 0 Å². The number of amides is 2. The number of carbonyl (C=O) groups is 2. The van der Waals surface area contributed by atoms with E-state index in [9.17, 15) is 24.8 Å². The van der Waals surface area contributed by atoms with E-state index in [4.69, 9.17) is 9.47 Å². The van der Waals surface area contributed by atoms with Crippen LogP contribution in [0.1, 0.15) is 40.0 Å². The number of nitrogens with zero attached hydrogens (tertiary/aromatic N) is 3. The highest BCUT2D eigenvalue weighted by Gasteiger charge is 2.32. The van der Waals surface area contributed by atoms with Gasteiger partial charge in [0.25, 0.3) is 5.69 Å². The van der Waals surface area contributed by atoms with Gasteiger partial charge in [-0.05, 0) is 52.2 Å². The van der Waals surface area contributed by atoms with E-state index in [1.54, 1.807) is 9.80 Å². The lowest BCUT2D eigenvalue weighted by Crippen LogP contribution is -2.50. The first-order valence-corrected chi connectivity index (χ1v) is 9.92. The van der Waals surface area contributed by atoms with Crippen LogP contribution in [0.3, 0.4) is 0 Å². The predicted octanol–water partition coefficient (Wildman–Crippen LogP) is 3.18. The highest BCUT2D eigenvalue weighted by Crippen LogP contribution is 2.22. The minimum absolute atomic E-state index is 0.0714. The summed E-state index contributed by atoms with van der Waals surface area (Å²) in [4.78, 5) is 38.3. The zero-order valence-corrected chi connectivity index (χ0v) is 17.6. The SMILES string of the molecule is CC(C)(C)OC(=O)N1CCC(N(CCCO)C(=O)Oc2ccc([N+](=O)[O-])cc2)CC1. The number of non-ortho nitro benzene ring substituents is 1. The summed E-state index contributed by atoms with van der Waals surface area (Å²) < 4.78 is 10.8. The molecule has 1 N–H and O–H groups in total. The molecule has 0 aliphatic carbocycles. The summed E-state index contributed by atoms with van der Waals surface area (Å²) in [6, 6.07) is 5.11. The van der Waals surface area contributed by atoms with Crippen LogP contribution in [-0.2, 0) is 4.74 Å². The number of nitro groups is 1. The van der Waals surface area contributed by atoms with Crippen molar-refractivity contribution >= 4 is 17.9 Å². The second kappa shape index (κ2) is 10.2. The van der Waals surface area contributed by atoms with Gasteiger partial charge in [0.2, 0.25) is 0 Å². The van der Waals surface area contributed by atoms with Gasteiger partial charge >= 0.3 is 12.2 Å². The summed E-state index contributed by atoms with van der Waals surface area (Å²) >= 11 is 0. The molecular formula is C20H29N3O7. The lowest BCUT2D eigenvalue weighted by atomic mass is 10.0. The van der Waals surface area contributed by atoms with Gasteiger partial charge in [0.05, 0.1) is 4.92 Å². The summed E-state index contributed by atoms with van der Waals surface area (Å²) in [5.41, 5.74) is -0.670. The number of hydrogen-bond donors (Lipinski definition) is 1. The Kier molecular flexibility index (Phi) is 7.99. The number of likely N-dealkylation sites (tertiary alicyclic amines) is 1. The van der Waals surface area contributed by atoms with Gasteiger partial charge in [-0.1, -0.05) is 0 Å². The van der Waals surface area contributed by atoms with E-state index in [2.05, 4.69) is 0 Å². The molecule has 1 aliphatic heterocycles. The number of rotatable bonds is 6. The predicted molar refractivity (Wildman–Crippen MR) is 108 cm³/mol. The Bertz CT molecular complexity index is 738. The van der Waals surface area contributed by atoms with Crippen LogP contribution >= 0.6 is 0 Å². The largest absolute Gasteiger partial charge is 0.444 e. The van der Waals surface area contributed by atoms with Crippen molar-refractivity contribution in [1.82, 2.24) is 9.80 Å². The first-order chi connectivity index (χ1) is 14.1. The molecule has 0 spiro atoms. The molecule has 10 nitrogen and oxygen atoms in total. The van der Waals surface area contributed by atoms with Crippen molar-refractivity contribution in [2.24, 2.45) is 0 Å². The van der Waals surface area contributed by atoms with Crippen molar-refractivity contribution < 1.29 is 29.1 Å². The highest BCUT2D eigenvalue weighted by molar-refractivity contribution is 5.71. The quantitative estimate of drug-likeness (QED) is 0.551. The van der Waals surface area contributed by atoms with Crippen LogP contribution in [-0.4, -0.2) is 69.9 Å². The van der Waals surface area contributed by atoms with Crippen LogP contribution in [0.25, 0.3) is 0 Å². The summed E-state index contributed by atoms with van der Waals surface area (Å²) in [7, 11) is 0. The lowest BCUT2D eigenvalue weighted by molar-refractivity contribution is -0.384. The van der Waals surface area contributed by atoms with Gasteiger partial charge in [0, 0.05) is 44.4 Å². The van der Waals surface area contributed by atoms with Crippen LogP contribution < -0.4 is 4.74 Å². The van der Waals surface area contributed by atoms with Crippen molar-refractivity contribution in [2.45, 2.75) is 51.7 Å². The minimum Gasteiger partial charge on any atom is -0.444 e. The number of aliphatic hydroxyl groups is 1. The summed E-state index contributed by atoms with van der Waals surface area (Å²) in [6.07, 6.45) is 0.533. The fraction of sp³-hybridized carbons (Fsp3) is 0.600. The van der Waals surface area contributed by atoms with E-state index in [-0.39, 0.29) is 30.2 Å². The Hall–Kier alpha value is -2.88. The molecule has 1 aliphatic rings. The van der Waals surface area contributed by atoms with Crippen molar-refractivity contribution in [3.8, 4) is 5.75 Å². The number of nitro benzene ring substituents is 1. The first-order valence-electron chi connectivity index (χ1n) is 9.92. The molecule has 1 heterocycles. The Labute approximate surface area is 175 Å². The molecule has 30 heavy (non-hydrogen) atoms. The maximum Gasteiger partial charge on any atom is 0.415 e. The van der Waals surface area contributed by atoms with Gasteiger partial charge < -0.3 is 24.4 Å². The van der Waals surface area contributed by atoms with Crippen LogP contribution in [0.2, 0.25) is 0 Å². The first kappa shape index (κ1) is 23.4. The number of aliphatic hydroxyl groups excluding tert-OH is 1. The second-order valence-corrected chi connectivity index (χ2v) is 8.09. The second-order valence-electron chi connectivity index (χ2n) is 8.09. The van der Waals surface area contributed by atoms with Crippen LogP contribution in [0.4, 0.5) is 15.3 Å². The van der Waals surface area contributed by atoms with E-state index >= 15 is 0 Å². The third-order valence-corrected chi connectivity index (χ3v) is 4.60. The third kappa shape index (κ3) is 6.87. The fourth-order valence-corrected chi connectivity index (χ4v) is 3.15. The zero-order chi connectivity index (χ0) is 22.3. The van der Waals surface area contributed by atoms with E-state index in [0.717, 1.165) is 0 Å². The number of piperidine rings is 1. The number of ether oxygens (including phenoxy) is 2. The molecule has 0 radical (unpaired) electrons. The maximum absolute atomic E-state index is 12.7. The summed E-state index contributed by atoms with van der Waals surface area (Å²) in [5.74, 6) is 0.200. The van der Waals surface area contributed by atoms with Crippen molar-refractivity contribution in [3.05, 3.63) is 34.4 Å². The molecule has 10 heteroatoms. The summed E-state index contributed by atoms with van der Waals surface area (Å²) in [6.45, 7) is 6.55. The maximum atomic E-state index is 12.7. The van der Waals surface area contributed by atoms with Gasteiger partial charge in [-0.25, -0.2) is 9.59 Å². The smallest absolute Gasteiger partial charge is 0.415 e. The van der Waals surface area contributed by atoms with Crippen molar-refractivity contribution in [3.63, 3.8) is 0 Å². The molecule has 0 bridgehead atoms. The topological polar surface area (TPSA) is 122 Å². The molecule has 0 aromatic heterocycles. The molecule has 1 aromatic rings. The lowest BCUT2D eigenvalue weighted by Gasteiger charge is -2.38. The van der Waals surface area contributed by atoms with Crippen LogP contribution in [0, 0.1) is 10.1 Å². The Balaban J connectivity index is 1.99. The highest BCUT2D eigenvalue weighted by atomic mass is 16.6. The Morgan fingerprint density at radius 1 is 1.23 bits per heavy atom. The molecule has 1 saturated heterocycles. The standard InChI is InChI=1S/C20H29N3O7/c1-20(2,3)30-18(25)21-12-9-15(10-13-21)22(11-4-14-24)19(26)29-17-7-5-16(6-8-17)23(27)28/h5-8,15,24H,4,9-14H2,1-3H3. The van der Waals surface area contributed by atoms with Gasteiger partial charge in [-0.2, -0.15) is 0 Å². The average Bonchev–Trinajstić information content (AvgIpc) is 2.68. The number of carbonyl (C=O) groups excluding carboxylic acids is 2. The molecular weight excluding hydrogens is 394 g/mol. The molecule has 2 amide bonds. The fourth-order valence-electron chi connectivity index (χ4n) is 3.15. The monoisotopic (exact) mass is 423 g/mol. The average molecular weight is 423 g/mol. The molecule has 166 valence electrons. The molecule has 1 fully saturated rings. The summed E-state index contributed by atoms with van der Waals surface area (Å²) in [5, 5.41) is 19.9. The van der Waals surface area contributed by atoms with E-state index < -0.39 is 16.6 Å².